The van der Waals surface area contributed by atoms with Crippen molar-refractivity contribution in [3.05, 3.63) is 65.6 Å². The van der Waals surface area contributed by atoms with Gasteiger partial charge in [0.15, 0.2) is 0 Å². The molecule has 0 radical (unpaired) electrons. The summed E-state index contributed by atoms with van der Waals surface area (Å²) in [7, 11) is 4.18. The Bertz CT molecular complexity index is 1150. The topological polar surface area (TPSA) is 106 Å². The van der Waals surface area contributed by atoms with Crippen molar-refractivity contribution >= 4 is 29.0 Å². The molecule has 3 aromatic rings. The number of rotatable bonds is 6. The fourth-order valence-electron chi connectivity index (χ4n) is 3.92. The van der Waals surface area contributed by atoms with Gasteiger partial charge in [0, 0.05) is 19.1 Å². The van der Waals surface area contributed by atoms with Gasteiger partial charge in [-0.05, 0) is 51.2 Å². The predicted molar refractivity (Wildman–Crippen MR) is 124 cm³/mol. The van der Waals surface area contributed by atoms with Crippen molar-refractivity contribution in [1.29, 1.82) is 0 Å². The Balaban J connectivity index is 1.39. The number of nitrogens with one attached hydrogen (secondary N) is 3. The number of aromatic nitrogens is 3. The fraction of sp³-hybridized carbons (Fsp3) is 0.304. The van der Waals surface area contributed by atoms with E-state index in [4.69, 9.17) is 0 Å². The molecule has 0 unspecified atom stereocenters. The van der Waals surface area contributed by atoms with E-state index in [9.17, 15) is 18.4 Å². The molecule has 3 heterocycles. The minimum Gasteiger partial charge on any atom is -0.370 e. The molecule has 11 heteroatoms. The van der Waals surface area contributed by atoms with Crippen LogP contribution in [0.4, 0.5) is 26.0 Å². The normalized spacial score (nSPS) is 14.3. The summed E-state index contributed by atoms with van der Waals surface area (Å²) >= 11 is 0. The minimum atomic E-state index is -1.04. The molecule has 0 saturated carbocycles. The Morgan fingerprint density at radius 1 is 1.03 bits per heavy atom. The first kappa shape index (κ1) is 23.3. The molecule has 1 saturated heterocycles. The number of piperidine rings is 1. The molecular weight excluding hydrogens is 444 g/mol. The fourth-order valence-corrected chi connectivity index (χ4v) is 3.92. The number of anilines is 3. The summed E-state index contributed by atoms with van der Waals surface area (Å²) in [5.41, 5.74) is 0.116. The molecule has 0 bridgehead atoms. The molecule has 0 spiro atoms. The number of carbonyl (C=O) groups excluding carboxylic acids is 2. The average Bonchev–Trinajstić information content (AvgIpc) is 3.28. The maximum absolute atomic E-state index is 13.9. The molecule has 0 atom stereocenters. The number of H-pyrrole nitrogens is 1. The van der Waals surface area contributed by atoms with Crippen LogP contribution in [0.15, 0.2) is 42.7 Å². The van der Waals surface area contributed by atoms with E-state index in [-0.39, 0.29) is 11.4 Å². The van der Waals surface area contributed by atoms with E-state index in [1.807, 2.05) is 6.07 Å². The first-order valence-corrected chi connectivity index (χ1v) is 10.8. The van der Waals surface area contributed by atoms with Gasteiger partial charge in [0.2, 0.25) is 0 Å². The van der Waals surface area contributed by atoms with Gasteiger partial charge in [0.25, 0.3) is 11.8 Å². The Morgan fingerprint density at radius 2 is 1.74 bits per heavy atom. The third-order valence-corrected chi connectivity index (χ3v) is 5.85. The second-order valence-corrected chi connectivity index (χ2v) is 8.25. The summed E-state index contributed by atoms with van der Waals surface area (Å²) in [6, 6.07) is 7.25. The van der Waals surface area contributed by atoms with Crippen LogP contribution >= 0.6 is 0 Å². The lowest BCUT2D eigenvalue weighted by Gasteiger charge is -2.36. The van der Waals surface area contributed by atoms with E-state index >= 15 is 0 Å². The molecule has 178 valence electrons. The molecule has 2 aromatic heterocycles. The zero-order valence-electron chi connectivity index (χ0n) is 18.8. The monoisotopic (exact) mass is 469 g/mol. The SMILES string of the molecule is CN(C)C1CCN(c2ccc(NC(=O)c3[nH]ncc3NC(=O)c3c(F)cccc3F)nc2)CC1. The summed E-state index contributed by atoms with van der Waals surface area (Å²) < 4.78 is 27.8. The molecule has 0 aliphatic carbocycles. The van der Waals surface area contributed by atoms with E-state index in [1.54, 1.807) is 12.3 Å². The summed E-state index contributed by atoms with van der Waals surface area (Å²) in [6.45, 7) is 1.85. The van der Waals surface area contributed by atoms with Crippen molar-refractivity contribution in [3.8, 4) is 0 Å². The quantitative estimate of drug-likeness (QED) is 0.512. The van der Waals surface area contributed by atoms with Crippen LogP contribution in [0.2, 0.25) is 0 Å². The van der Waals surface area contributed by atoms with Gasteiger partial charge in [-0.1, -0.05) is 6.07 Å². The van der Waals surface area contributed by atoms with E-state index in [1.165, 1.54) is 6.20 Å². The number of carbonyl (C=O) groups is 2. The second kappa shape index (κ2) is 9.96. The number of hydrogen-bond donors (Lipinski definition) is 3. The Kier molecular flexibility index (Phi) is 6.82. The predicted octanol–water partition coefficient (Wildman–Crippen LogP) is 3.12. The molecule has 4 rings (SSSR count). The minimum absolute atomic E-state index is 0.0227. The van der Waals surface area contributed by atoms with E-state index in [2.05, 4.69) is 49.7 Å². The summed E-state index contributed by atoms with van der Waals surface area (Å²) in [6.07, 6.45) is 5.01. The van der Waals surface area contributed by atoms with Gasteiger partial charge in [-0.3, -0.25) is 14.7 Å². The number of nitrogens with zero attached hydrogens (tertiary/aromatic N) is 4. The lowest BCUT2D eigenvalue weighted by Crippen LogP contribution is -2.42. The number of hydrogen-bond acceptors (Lipinski definition) is 6. The first-order valence-electron chi connectivity index (χ1n) is 10.8. The molecule has 9 nitrogen and oxygen atoms in total. The highest BCUT2D eigenvalue weighted by molar-refractivity contribution is 6.11. The number of halogens is 2. The van der Waals surface area contributed by atoms with Gasteiger partial charge in [0.1, 0.15) is 28.7 Å². The second-order valence-electron chi connectivity index (χ2n) is 8.25. The standard InChI is InChI=1S/C23H25F2N7O2/c1-31(2)14-8-10-32(11-9-14)15-6-7-19(26-12-15)29-23(34)21-18(13-27-30-21)28-22(33)20-16(24)4-3-5-17(20)25/h3-7,12-14H,8-11H2,1-2H3,(H,27,30)(H,28,33)(H,26,29,34). The molecule has 1 aliphatic heterocycles. The number of amides is 2. The maximum atomic E-state index is 13.9. The van der Waals surface area contributed by atoms with Crippen LogP contribution < -0.4 is 15.5 Å². The van der Waals surface area contributed by atoms with Crippen LogP contribution in [0.5, 0.6) is 0 Å². The molecule has 2 amide bonds. The van der Waals surface area contributed by atoms with E-state index in [0.29, 0.717) is 11.9 Å². The van der Waals surface area contributed by atoms with Gasteiger partial charge >= 0.3 is 0 Å². The van der Waals surface area contributed by atoms with Crippen molar-refractivity contribution in [3.63, 3.8) is 0 Å². The Labute approximate surface area is 195 Å². The summed E-state index contributed by atoms with van der Waals surface area (Å²) in [5, 5.41) is 11.2. The largest absolute Gasteiger partial charge is 0.370 e. The lowest BCUT2D eigenvalue weighted by atomic mass is 10.0. The van der Waals surface area contributed by atoms with Crippen LogP contribution in [-0.4, -0.2) is 65.1 Å². The van der Waals surface area contributed by atoms with Crippen LogP contribution in [0.3, 0.4) is 0 Å². The van der Waals surface area contributed by atoms with Crippen molar-refractivity contribution in [2.45, 2.75) is 18.9 Å². The van der Waals surface area contributed by atoms with Crippen molar-refractivity contribution in [1.82, 2.24) is 20.1 Å². The lowest BCUT2D eigenvalue weighted by molar-refractivity contribution is 0.101. The molecule has 1 fully saturated rings. The third-order valence-electron chi connectivity index (χ3n) is 5.85. The zero-order chi connectivity index (χ0) is 24.2. The van der Waals surface area contributed by atoms with Crippen LogP contribution in [-0.2, 0) is 0 Å². The van der Waals surface area contributed by atoms with Gasteiger partial charge in [-0.25, -0.2) is 13.8 Å². The van der Waals surface area contributed by atoms with Gasteiger partial charge in [-0.15, -0.1) is 0 Å². The van der Waals surface area contributed by atoms with Gasteiger partial charge in [0.05, 0.1) is 23.8 Å². The van der Waals surface area contributed by atoms with E-state index in [0.717, 1.165) is 49.8 Å². The molecule has 1 aromatic carbocycles. The van der Waals surface area contributed by atoms with Gasteiger partial charge in [-0.2, -0.15) is 5.10 Å². The van der Waals surface area contributed by atoms with E-state index < -0.39 is 29.0 Å². The molecule has 34 heavy (non-hydrogen) atoms. The van der Waals surface area contributed by atoms with Crippen LogP contribution in [0.1, 0.15) is 33.7 Å². The summed E-state index contributed by atoms with van der Waals surface area (Å²) in [5.74, 6) is -3.37. The average molecular weight is 469 g/mol. The number of benzene rings is 1. The number of aromatic amines is 1. The van der Waals surface area contributed by atoms with Crippen LogP contribution in [0.25, 0.3) is 0 Å². The zero-order valence-corrected chi connectivity index (χ0v) is 18.8. The van der Waals surface area contributed by atoms with Crippen molar-refractivity contribution < 1.29 is 18.4 Å². The van der Waals surface area contributed by atoms with Crippen molar-refractivity contribution in [2.75, 3.05) is 42.7 Å². The van der Waals surface area contributed by atoms with Gasteiger partial charge < -0.3 is 20.4 Å². The Morgan fingerprint density at radius 3 is 2.35 bits per heavy atom. The van der Waals surface area contributed by atoms with Crippen LogP contribution in [0, 0.1) is 11.6 Å². The highest BCUT2D eigenvalue weighted by Gasteiger charge is 2.23. The van der Waals surface area contributed by atoms with Crippen molar-refractivity contribution in [2.24, 2.45) is 0 Å². The maximum Gasteiger partial charge on any atom is 0.276 e. The highest BCUT2D eigenvalue weighted by atomic mass is 19.1. The number of pyridine rings is 1. The first-order chi connectivity index (χ1) is 16.3. The smallest absolute Gasteiger partial charge is 0.276 e. The molecular formula is C23H25F2N7O2. The third kappa shape index (κ3) is 5.04. The Hall–Kier alpha value is -3.86. The highest BCUT2D eigenvalue weighted by Crippen LogP contribution is 2.23. The summed E-state index contributed by atoms with van der Waals surface area (Å²) in [4.78, 5) is 33.9. The molecule has 3 N–H and O–H groups in total. The molecule has 1 aliphatic rings.